The van der Waals surface area contributed by atoms with Crippen LogP contribution in [0.5, 0.6) is 5.75 Å². The molecule has 0 bridgehead atoms. The molecule has 3 rings (SSSR count). The second kappa shape index (κ2) is 4.63. The minimum Gasteiger partial charge on any atom is -0.495 e. The summed E-state index contributed by atoms with van der Waals surface area (Å²) in [5.41, 5.74) is 4.16. The summed E-state index contributed by atoms with van der Waals surface area (Å²) in [7, 11) is 5.75. The van der Waals surface area contributed by atoms with E-state index in [2.05, 4.69) is 27.9 Å². The fourth-order valence-electron chi connectivity index (χ4n) is 2.53. The van der Waals surface area contributed by atoms with Crippen molar-refractivity contribution in [1.29, 1.82) is 0 Å². The molecule has 4 heteroatoms. The Hall–Kier alpha value is -2.36. The van der Waals surface area contributed by atoms with Gasteiger partial charge in [0.05, 0.1) is 24.3 Å². The van der Waals surface area contributed by atoms with Gasteiger partial charge in [0.2, 0.25) is 0 Å². The van der Waals surface area contributed by atoms with E-state index in [1.54, 1.807) is 13.3 Å². The Bertz CT molecular complexity index is 796. The predicted molar refractivity (Wildman–Crippen MR) is 82.7 cm³/mol. The van der Waals surface area contributed by atoms with Crippen molar-refractivity contribution >= 4 is 27.5 Å². The normalized spacial score (nSPS) is 11.0. The van der Waals surface area contributed by atoms with Crippen molar-refractivity contribution in [3.8, 4) is 5.75 Å². The number of methoxy groups -OCH3 is 1. The van der Waals surface area contributed by atoms with E-state index < -0.39 is 0 Å². The summed E-state index contributed by atoms with van der Waals surface area (Å²) < 4.78 is 5.35. The summed E-state index contributed by atoms with van der Waals surface area (Å²) in [6.07, 6.45) is 3.60. The second-order valence-corrected chi connectivity index (χ2v) is 5.06. The zero-order valence-electron chi connectivity index (χ0n) is 12.1. The second-order valence-electron chi connectivity index (χ2n) is 5.06. The third-order valence-corrected chi connectivity index (χ3v) is 3.63. The molecule has 0 aliphatic carbocycles. The number of hydrogen-bond acceptors (Lipinski definition) is 4. The first-order valence-corrected chi connectivity index (χ1v) is 6.51. The number of rotatable bonds is 2. The van der Waals surface area contributed by atoms with Gasteiger partial charge in [0.1, 0.15) is 5.75 Å². The van der Waals surface area contributed by atoms with Gasteiger partial charge < -0.3 is 9.64 Å². The van der Waals surface area contributed by atoms with Gasteiger partial charge in [-0.1, -0.05) is 0 Å². The molecule has 0 radical (unpaired) electrons. The van der Waals surface area contributed by atoms with Gasteiger partial charge >= 0.3 is 0 Å². The highest BCUT2D eigenvalue weighted by molar-refractivity contribution is 6.02. The van der Waals surface area contributed by atoms with Crippen molar-refractivity contribution in [2.24, 2.45) is 0 Å². The van der Waals surface area contributed by atoms with Gasteiger partial charge in [-0.25, -0.2) is 0 Å². The van der Waals surface area contributed by atoms with Crippen LogP contribution in [0.3, 0.4) is 0 Å². The number of anilines is 1. The lowest BCUT2D eigenvalue weighted by atomic mass is 10.1. The Morgan fingerprint density at radius 2 is 1.80 bits per heavy atom. The fourth-order valence-corrected chi connectivity index (χ4v) is 2.53. The molecule has 0 atom stereocenters. The topological polar surface area (TPSA) is 38.3 Å². The smallest absolute Gasteiger partial charge is 0.140 e. The summed E-state index contributed by atoms with van der Waals surface area (Å²) in [5.74, 6) is 0.812. The molecule has 2 aromatic heterocycles. The molecule has 0 aliphatic heterocycles. The van der Waals surface area contributed by atoms with E-state index in [1.807, 2.05) is 32.4 Å². The van der Waals surface area contributed by atoms with E-state index in [4.69, 9.17) is 4.74 Å². The molecular weight excluding hydrogens is 250 g/mol. The molecule has 0 saturated carbocycles. The molecular formula is C16H17N3O. The highest BCUT2D eigenvalue weighted by Gasteiger charge is 2.10. The molecule has 2 heterocycles. The van der Waals surface area contributed by atoms with E-state index >= 15 is 0 Å². The molecule has 0 saturated heterocycles. The number of ether oxygens (including phenoxy) is 1. The van der Waals surface area contributed by atoms with Gasteiger partial charge in [0, 0.05) is 42.3 Å². The van der Waals surface area contributed by atoms with E-state index in [0.29, 0.717) is 0 Å². The van der Waals surface area contributed by atoms with Crippen LogP contribution in [0.1, 0.15) is 5.56 Å². The first-order valence-electron chi connectivity index (χ1n) is 6.51. The lowest BCUT2D eigenvalue weighted by Crippen LogP contribution is -2.09. The zero-order valence-corrected chi connectivity index (χ0v) is 12.1. The standard InChI is InChI=1S/C16H17N3O/c1-10-11-7-12-14(17-6-5-15(12)19(2)3)8-13(11)18-9-16(10)20-4/h5-9H,1-4H3. The van der Waals surface area contributed by atoms with Crippen molar-refractivity contribution < 1.29 is 4.74 Å². The van der Waals surface area contributed by atoms with Crippen LogP contribution in [0.15, 0.2) is 30.6 Å². The van der Waals surface area contributed by atoms with E-state index in [0.717, 1.165) is 38.8 Å². The summed E-state index contributed by atoms with van der Waals surface area (Å²) in [6, 6.07) is 6.21. The van der Waals surface area contributed by atoms with Crippen LogP contribution >= 0.6 is 0 Å². The van der Waals surface area contributed by atoms with Crippen LogP contribution in [0, 0.1) is 6.92 Å². The molecule has 0 aliphatic rings. The summed E-state index contributed by atoms with van der Waals surface area (Å²) in [5, 5.41) is 2.23. The van der Waals surface area contributed by atoms with Crippen LogP contribution in [-0.4, -0.2) is 31.2 Å². The van der Waals surface area contributed by atoms with Crippen molar-refractivity contribution in [2.45, 2.75) is 6.92 Å². The first kappa shape index (κ1) is 12.7. The molecule has 0 spiro atoms. The third kappa shape index (κ3) is 1.84. The quantitative estimate of drug-likeness (QED) is 0.668. The first-order chi connectivity index (χ1) is 9.61. The molecule has 0 amide bonds. The average molecular weight is 267 g/mol. The monoisotopic (exact) mass is 267 g/mol. The van der Waals surface area contributed by atoms with Gasteiger partial charge in [0.25, 0.3) is 0 Å². The average Bonchev–Trinajstić information content (AvgIpc) is 2.45. The van der Waals surface area contributed by atoms with Crippen LogP contribution in [0.25, 0.3) is 21.8 Å². The van der Waals surface area contributed by atoms with Crippen molar-refractivity contribution in [3.63, 3.8) is 0 Å². The lowest BCUT2D eigenvalue weighted by Gasteiger charge is -2.16. The molecule has 20 heavy (non-hydrogen) atoms. The Balaban J connectivity index is 2.42. The Kier molecular flexibility index (Phi) is 2.93. The number of aromatic nitrogens is 2. The predicted octanol–water partition coefficient (Wildman–Crippen LogP) is 3.17. The number of hydrogen-bond donors (Lipinski definition) is 0. The maximum Gasteiger partial charge on any atom is 0.140 e. The molecule has 3 aromatic rings. The summed E-state index contributed by atoms with van der Waals surface area (Å²) in [4.78, 5) is 11.0. The number of aryl methyl sites for hydroxylation is 1. The number of nitrogens with zero attached hydrogens (tertiary/aromatic N) is 3. The largest absolute Gasteiger partial charge is 0.495 e. The zero-order chi connectivity index (χ0) is 14.3. The molecule has 102 valence electrons. The Morgan fingerprint density at radius 1 is 1.05 bits per heavy atom. The Morgan fingerprint density at radius 3 is 2.50 bits per heavy atom. The van der Waals surface area contributed by atoms with E-state index in [-0.39, 0.29) is 0 Å². The van der Waals surface area contributed by atoms with Crippen molar-refractivity contribution in [2.75, 3.05) is 26.1 Å². The number of fused-ring (bicyclic) bond motifs is 2. The minimum atomic E-state index is 0.812. The highest BCUT2D eigenvalue weighted by atomic mass is 16.5. The summed E-state index contributed by atoms with van der Waals surface area (Å²) in [6.45, 7) is 2.06. The third-order valence-electron chi connectivity index (χ3n) is 3.63. The number of benzene rings is 1. The SMILES string of the molecule is COc1cnc2cc3nccc(N(C)C)c3cc2c1C. The van der Waals surface area contributed by atoms with Gasteiger partial charge in [-0.15, -0.1) is 0 Å². The van der Waals surface area contributed by atoms with E-state index in [9.17, 15) is 0 Å². The maximum absolute atomic E-state index is 5.35. The molecule has 0 N–H and O–H groups in total. The van der Waals surface area contributed by atoms with Crippen molar-refractivity contribution in [3.05, 3.63) is 36.2 Å². The Labute approximate surface area is 118 Å². The fraction of sp³-hybridized carbons (Fsp3) is 0.250. The van der Waals surface area contributed by atoms with Crippen LogP contribution in [0.2, 0.25) is 0 Å². The molecule has 4 nitrogen and oxygen atoms in total. The van der Waals surface area contributed by atoms with Gasteiger partial charge in [-0.05, 0) is 25.1 Å². The number of pyridine rings is 2. The lowest BCUT2D eigenvalue weighted by molar-refractivity contribution is 0.411. The van der Waals surface area contributed by atoms with Crippen molar-refractivity contribution in [1.82, 2.24) is 9.97 Å². The van der Waals surface area contributed by atoms with Crippen LogP contribution in [-0.2, 0) is 0 Å². The summed E-state index contributed by atoms with van der Waals surface area (Å²) >= 11 is 0. The van der Waals surface area contributed by atoms with Crippen LogP contribution < -0.4 is 9.64 Å². The van der Waals surface area contributed by atoms with Gasteiger partial charge in [-0.3, -0.25) is 9.97 Å². The highest BCUT2D eigenvalue weighted by Crippen LogP contribution is 2.31. The molecule has 0 unspecified atom stereocenters. The van der Waals surface area contributed by atoms with Gasteiger partial charge in [0.15, 0.2) is 0 Å². The molecule has 0 fully saturated rings. The minimum absolute atomic E-state index is 0.812. The van der Waals surface area contributed by atoms with E-state index in [1.165, 1.54) is 0 Å². The molecule has 1 aromatic carbocycles. The van der Waals surface area contributed by atoms with Gasteiger partial charge in [-0.2, -0.15) is 0 Å². The van der Waals surface area contributed by atoms with Crippen LogP contribution in [0.4, 0.5) is 5.69 Å². The maximum atomic E-state index is 5.35.